The van der Waals surface area contributed by atoms with Crippen molar-refractivity contribution >= 4 is 28.2 Å². The van der Waals surface area contributed by atoms with Gasteiger partial charge in [-0.25, -0.2) is 8.78 Å². The van der Waals surface area contributed by atoms with Crippen molar-refractivity contribution in [2.45, 2.75) is 26.2 Å². The molecule has 1 aliphatic rings. The summed E-state index contributed by atoms with van der Waals surface area (Å²) in [6, 6.07) is 3.38. The molecule has 1 atom stereocenters. The van der Waals surface area contributed by atoms with E-state index >= 15 is 0 Å². The van der Waals surface area contributed by atoms with Crippen molar-refractivity contribution in [3.63, 3.8) is 0 Å². The molecule has 0 fully saturated rings. The average Bonchev–Trinajstić information content (AvgIpc) is 2.86. The first kappa shape index (κ1) is 16.6. The molecule has 0 unspecified atom stereocenters. The number of benzene rings is 1. The van der Waals surface area contributed by atoms with E-state index < -0.39 is 29.0 Å². The molecule has 4 nitrogen and oxygen atoms in total. The van der Waals surface area contributed by atoms with Crippen LogP contribution in [-0.4, -0.2) is 11.8 Å². The lowest BCUT2D eigenvalue weighted by Gasteiger charge is -2.18. The van der Waals surface area contributed by atoms with E-state index in [4.69, 9.17) is 5.73 Å². The van der Waals surface area contributed by atoms with Gasteiger partial charge in [0.1, 0.15) is 5.00 Å². The summed E-state index contributed by atoms with van der Waals surface area (Å²) in [5, 5.41) is 2.82. The molecule has 1 heterocycles. The lowest BCUT2D eigenvalue weighted by atomic mass is 9.88. The first-order chi connectivity index (χ1) is 11.4. The Morgan fingerprint density at radius 3 is 2.79 bits per heavy atom. The molecular weight excluding hydrogens is 334 g/mol. The van der Waals surface area contributed by atoms with E-state index in [9.17, 15) is 18.4 Å². The molecule has 0 bridgehead atoms. The van der Waals surface area contributed by atoms with Gasteiger partial charge in [-0.15, -0.1) is 11.3 Å². The zero-order valence-corrected chi connectivity index (χ0v) is 13.8. The van der Waals surface area contributed by atoms with Gasteiger partial charge in [0.15, 0.2) is 11.6 Å². The largest absolute Gasteiger partial charge is 0.365 e. The fraction of sp³-hybridized carbons (Fsp3) is 0.294. The second-order valence-corrected chi connectivity index (χ2v) is 7.08. The highest BCUT2D eigenvalue weighted by molar-refractivity contribution is 7.17. The van der Waals surface area contributed by atoms with Crippen LogP contribution in [0.3, 0.4) is 0 Å². The number of nitrogens with one attached hydrogen (secondary N) is 1. The molecule has 1 aromatic heterocycles. The molecule has 126 valence electrons. The number of fused-ring (bicyclic) bond motifs is 1. The highest BCUT2D eigenvalue weighted by Gasteiger charge is 2.28. The summed E-state index contributed by atoms with van der Waals surface area (Å²) in [6.45, 7) is 2.12. The molecule has 0 saturated carbocycles. The first-order valence-corrected chi connectivity index (χ1v) is 8.39. The number of carbonyl (C=O) groups excluding carboxylic acids is 2. The van der Waals surface area contributed by atoms with Crippen molar-refractivity contribution in [2.24, 2.45) is 11.7 Å². The highest BCUT2D eigenvalue weighted by Crippen LogP contribution is 2.39. The molecule has 3 N–H and O–H groups in total. The molecular formula is C17H16F2N2O2S. The number of thiophene rings is 1. The van der Waals surface area contributed by atoms with E-state index in [0.29, 0.717) is 10.9 Å². The van der Waals surface area contributed by atoms with Crippen molar-refractivity contribution < 1.29 is 18.4 Å². The van der Waals surface area contributed by atoms with Crippen LogP contribution in [0.25, 0.3) is 0 Å². The summed E-state index contributed by atoms with van der Waals surface area (Å²) in [7, 11) is 0. The summed E-state index contributed by atoms with van der Waals surface area (Å²) in [4.78, 5) is 25.1. The number of carbonyl (C=O) groups is 2. The van der Waals surface area contributed by atoms with Gasteiger partial charge in [-0.1, -0.05) is 13.0 Å². The Kier molecular flexibility index (Phi) is 4.36. The van der Waals surface area contributed by atoms with Crippen LogP contribution in [0.15, 0.2) is 18.2 Å². The van der Waals surface area contributed by atoms with E-state index in [1.54, 1.807) is 0 Å². The molecule has 1 aliphatic carbocycles. The van der Waals surface area contributed by atoms with Crippen LogP contribution in [0.4, 0.5) is 13.8 Å². The minimum Gasteiger partial charge on any atom is -0.365 e. The maximum Gasteiger partial charge on any atom is 0.259 e. The van der Waals surface area contributed by atoms with Gasteiger partial charge in [0.05, 0.1) is 11.1 Å². The SMILES string of the molecule is C[C@H]1CCc2c(sc(NC(=O)c3cccc(F)c3F)c2C(N)=O)C1. The lowest BCUT2D eigenvalue weighted by Crippen LogP contribution is -2.20. The minimum absolute atomic E-state index is 0.284. The van der Waals surface area contributed by atoms with Crippen LogP contribution in [0.5, 0.6) is 0 Å². The average molecular weight is 350 g/mol. The Labute approximate surface area is 141 Å². The van der Waals surface area contributed by atoms with Crippen LogP contribution < -0.4 is 11.1 Å². The number of nitrogens with two attached hydrogens (primary N) is 1. The zero-order valence-electron chi connectivity index (χ0n) is 13.0. The molecule has 1 aromatic carbocycles. The summed E-state index contributed by atoms with van der Waals surface area (Å²) >= 11 is 1.28. The second kappa shape index (κ2) is 6.32. The number of anilines is 1. The van der Waals surface area contributed by atoms with E-state index in [0.717, 1.165) is 35.8 Å². The van der Waals surface area contributed by atoms with Gasteiger partial charge in [-0.3, -0.25) is 9.59 Å². The molecule has 2 amide bonds. The summed E-state index contributed by atoms with van der Waals surface area (Å²) in [6.07, 6.45) is 2.47. The van der Waals surface area contributed by atoms with Crippen molar-refractivity contribution in [3.05, 3.63) is 51.4 Å². The number of primary amides is 1. The normalized spacial score (nSPS) is 16.5. The standard InChI is InChI=1S/C17H16F2N2O2S/c1-8-5-6-9-12(7-8)24-17(13(9)15(20)22)21-16(23)10-3-2-4-11(18)14(10)19/h2-4,8H,5-7H2,1H3,(H2,20,22)(H,21,23)/t8-/m0/s1. The topological polar surface area (TPSA) is 72.2 Å². The summed E-state index contributed by atoms with van der Waals surface area (Å²) in [5.41, 5.74) is 6.20. The maximum absolute atomic E-state index is 13.8. The Bertz CT molecular complexity index is 832. The monoisotopic (exact) mass is 350 g/mol. The van der Waals surface area contributed by atoms with Gasteiger partial charge in [0, 0.05) is 4.88 Å². The predicted octanol–water partition coefficient (Wildman–Crippen LogP) is 3.50. The van der Waals surface area contributed by atoms with Gasteiger partial charge in [0.2, 0.25) is 0 Å². The molecule has 24 heavy (non-hydrogen) atoms. The fourth-order valence-electron chi connectivity index (χ4n) is 2.95. The highest BCUT2D eigenvalue weighted by atomic mass is 32.1. The summed E-state index contributed by atoms with van der Waals surface area (Å²) in [5.74, 6) is -3.26. The van der Waals surface area contributed by atoms with Gasteiger partial charge < -0.3 is 11.1 Å². The molecule has 2 aromatic rings. The third kappa shape index (κ3) is 2.91. The third-order valence-corrected chi connectivity index (χ3v) is 5.35. The number of hydrogen-bond acceptors (Lipinski definition) is 3. The van der Waals surface area contributed by atoms with Crippen molar-refractivity contribution in [1.82, 2.24) is 0 Å². The van der Waals surface area contributed by atoms with E-state index in [1.807, 2.05) is 0 Å². The van der Waals surface area contributed by atoms with Crippen LogP contribution >= 0.6 is 11.3 Å². The lowest BCUT2D eigenvalue weighted by molar-refractivity contribution is 0.1000. The van der Waals surface area contributed by atoms with Gasteiger partial charge >= 0.3 is 0 Å². The van der Waals surface area contributed by atoms with Gasteiger partial charge in [0.25, 0.3) is 11.8 Å². The number of halogens is 2. The molecule has 7 heteroatoms. The smallest absolute Gasteiger partial charge is 0.259 e. The fourth-order valence-corrected chi connectivity index (χ4v) is 4.36. The van der Waals surface area contributed by atoms with Gasteiger partial charge in [-0.2, -0.15) is 0 Å². The number of amides is 2. The Morgan fingerprint density at radius 2 is 2.08 bits per heavy atom. The number of hydrogen-bond donors (Lipinski definition) is 2. The Hall–Kier alpha value is -2.28. The Balaban J connectivity index is 1.97. The minimum atomic E-state index is -1.22. The van der Waals surface area contributed by atoms with Crippen molar-refractivity contribution in [2.75, 3.05) is 5.32 Å². The van der Waals surface area contributed by atoms with E-state index in [1.165, 1.54) is 23.5 Å². The van der Waals surface area contributed by atoms with E-state index in [-0.39, 0.29) is 5.56 Å². The maximum atomic E-state index is 13.8. The molecule has 0 radical (unpaired) electrons. The van der Waals surface area contributed by atoms with Crippen LogP contribution in [0.1, 0.15) is 44.5 Å². The first-order valence-electron chi connectivity index (χ1n) is 7.58. The second-order valence-electron chi connectivity index (χ2n) is 5.98. The van der Waals surface area contributed by atoms with Gasteiger partial charge in [-0.05, 0) is 42.9 Å². The molecule has 3 rings (SSSR count). The van der Waals surface area contributed by atoms with Crippen molar-refractivity contribution in [3.8, 4) is 0 Å². The molecule has 0 saturated heterocycles. The quantitative estimate of drug-likeness (QED) is 0.889. The van der Waals surface area contributed by atoms with Crippen LogP contribution in [0.2, 0.25) is 0 Å². The van der Waals surface area contributed by atoms with E-state index in [2.05, 4.69) is 12.2 Å². The third-order valence-electron chi connectivity index (χ3n) is 4.18. The summed E-state index contributed by atoms with van der Waals surface area (Å²) < 4.78 is 27.1. The van der Waals surface area contributed by atoms with Crippen molar-refractivity contribution in [1.29, 1.82) is 0 Å². The Morgan fingerprint density at radius 1 is 1.33 bits per heavy atom. The molecule has 0 aliphatic heterocycles. The number of rotatable bonds is 3. The predicted molar refractivity (Wildman–Crippen MR) is 88.3 cm³/mol. The zero-order chi connectivity index (χ0) is 17.4. The van der Waals surface area contributed by atoms with Crippen LogP contribution in [0, 0.1) is 17.6 Å². The van der Waals surface area contributed by atoms with Crippen LogP contribution in [-0.2, 0) is 12.8 Å². The molecule has 0 spiro atoms.